The van der Waals surface area contributed by atoms with Crippen molar-refractivity contribution in [1.29, 1.82) is 5.26 Å². The van der Waals surface area contributed by atoms with Gasteiger partial charge in [-0.25, -0.2) is 0 Å². The highest BCUT2D eigenvalue weighted by molar-refractivity contribution is 9.10. The van der Waals surface area contributed by atoms with E-state index in [2.05, 4.69) is 22.0 Å². The average Bonchev–Trinajstić information content (AvgIpc) is 2.80. The normalized spacial score (nSPS) is 18.2. The molecule has 2 aliphatic rings. The van der Waals surface area contributed by atoms with Crippen LogP contribution in [-0.2, 0) is 4.79 Å². The smallest absolute Gasteiger partial charge is 0.161 e. The Labute approximate surface area is 202 Å². The van der Waals surface area contributed by atoms with Gasteiger partial charge in [-0.3, -0.25) is 9.69 Å². The van der Waals surface area contributed by atoms with Crippen molar-refractivity contribution < 1.29 is 14.3 Å². The highest BCUT2D eigenvalue weighted by Gasteiger charge is 2.41. The fourth-order valence-corrected chi connectivity index (χ4v) is 4.99. The van der Waals surface area contributed by atoms with Crippen molar-refractivity contribution in [2.24, 2.45) is 5.73 Å². The zero-order valence-electron chi connectivity index (χ0n) is 18.7. The zero-order valence-corrected chi connectivity index (χ0v) is 20.3. The molecule has 1 aliphatic heterocycles. The highest BCUT2D eigenvalue weighted by atomic mass is 79.9. The van der Waals surface area contributed by atoms with Crippen LogP contribution in [-0.4, -0.2) is 19.0 Å². The Kier molecular flexibility index (Phi) is 6.75. The number of rotatable bonds is 6. The summed E-state index contributed by atoms with van der Waals surface area (Å²) in [6.07, 6.45) is 1.87. The lowest BCUT2D eigenvalue weighted by molar-refractivity contribution is -0.116. The maximum absolute atomic E-state index is 13.4. The van der Waals surface area contributed by atoms with Crippen LogP contribution in [0.3, 0.4) is 0 Å². The van der Waals surface area contributed by atoms with Crippen molar-refractivity contribution in [2.45, 2.75) is 39.0 Å². The molecule has 0 amide bonds. The third-order valence-electron chi connectivity index (χ3n) is 5.88. The van der Waals surface area contributed by atoms with Crippen LogP contribution >= 0.6 is 15.9 Å². The number of carbonyl (C=O) groups is 1. The molecule has 2 N–H and O–H groups in total. The van der Waals surface area contributed by atoms with E-state index in [1.807, 2.05) is 61.2 Å². The summed E-state index contributed by atoms with van der Waals surface area (Å²) in [5, 5.41) is 10.3. The summed E-state index contributed by atoms with van der Waals surface area (Å²) in [6, 6.07) is 15.6. The fraction of sp³-hybridized carbons (Fsp3) is 0.308. The van der Waals surface area contributed by atoms with Crippen LogP contribution in [0.15, 0.2) is 69.6 Å². The highest BCUT2D eigenvalue weighted by Crippen LogP contribution is 2.49. The molecule has 1 heterocycles. The molecule has 6 nitrogen and oxygen atoms in total. The monoisotopic (exact) mass is 507 g/mol. The molecule has 0 bridgehead atoms. The number of nitrogens with two attached hydrogens (primary N) is 1. The van der Waals surface area contributed by atoms with Crippen molar-refractivity contribution in [1.82, 2.24) is 0 Å². The molecule has 2 aromatic carbocycles. The summed E-state index contributed by atoms with van der Waals surface area (Å²) in [5.74, 6) is 1.03. The molecule has 4 rings (SSSR count). The first-order valence-electron chi connectivity index (χ1n) is 11.1. The predicted molar refractivity (Wildman–Crippen MR) is 131 cm³/mol. The minimum atomic E-state index is -0.608. The number of nitriles is 1. The van der Waals surface area contributed by atoms with Gasteiger partial charge in [-0.1, -0.05) is 22.0 Å². The lowest BCUT2D eigenvalue weighted by atomic mass is 9.75. The number of hydrogen-bond acceptors (Lipinski definition) is 6. The van der Waals surface area contributed by atoms with E-state index in [1.54, 1.807) is 0 Å². The Balaban J connectivity index is 1.98. The van der Waals surface area contributed by atoms with E-state index < -0.39 is 5.92 Å². The first-order chi connectivity index (χ1) is 16.0. The van der Waals surface area contributed by atoms with E-state index in [0.29, 0.717) is 54.5 Å². The first-order valence-corrected chi connectivity index (χ1v) is 11.9. The quantitative estimate of drug-likeness (QED) is 0.551. The number of allylic oxidation sites excluding steroid dienone is 3. The van der Waals surface area contributed by atoms with E-state index in [1.165, 1.54) is 0 Å². The van der Waals surface area contributed by atoms with E-state index in [9.17, 15) is 10.1 Å². The summed E-state index contributed by atoms with van der Waals surface area (Å²) in [5.41, 5.74) is 9.98. The maximum Gasteiger partial charge on any atom is 0.161 e. The van der Waals surface area contributed by atoms with Crippen molar-refractivity contribution in [3.63, 3.8) is 0 Å². The summed E-state index contributed by atoms with van der Waals surface area (Å²) in [4.78, 5) is 15.2. The molecule has 1 atom stereocenters. The average molecular weight is 508 g/mol. The van der Waals surface area contributed by atoms with Gasteiger partial charge in [-0.15, -0.1) is 0 Å². The van der Waals surface area contributed by atoms with Gasteiger partial charge in [0.1, 0.15) is 17.3 Å². The molecule has 0 fully saturated rings. The molecule has 2 aromatic rings. The molecule has 0 radical (unpaired) electrons. The molecule has 0 spiro atoms. The molecule has 0 saturated heterocycles. The van der Waals surface area contributed by atoms with E-state index in [4.69, 9.17) is 15.2 Å². The minimum absolute atomic E-state index is 0.0331. The molecular weight excluding hydrogens is 482 g/mol. The van der Waals surface area contributed by atoms with Crippen LogP contribution < -0.4 is 20.1 Å². The molecule has 1 aliphatic carbocycles. The van der Waals surface area contributed by atoms with Crippen LogP contribution in [0.25, 0.3) is 0 Å². The molecule has 1 unspecified atom stereocenters. The van der Waals surface area contributed by atoms with Gasteiger partial charge in [0, 0.05) is 33.4 Å². The summed E-state index contributed by atoms with van der Waals surface area (Å²) < 4.78 is 12.5. The van der Waals surface area contributed by atoms with Crippen molar-refractivity contribution >= 4 is 27.4 Å². The second kappa shape index (κ2) is 9.72. The second-order valence-corrected chi connectivity index (χ2v) is 8.78. The van der Waals surface area contributed by atoms with Crippen molar-refractivity contribution in [2.75, 3.05) is 18.1 Å². The lowest BCUT2D eigenvalue weighted by Gasteiger charge is -2.40. The van der Waals surface area contributed by atoms with Gasteiger partial charge in [0.15, 0.2) is 5.78 Å². The molecule has 0 saturated carbocycles. The zero-order chi connectivity index (χ0) is 23.5. The summed E-state index contributed by atoms with van der Waals surface area (Å²) in [6.45, 7) is 4.78. The Morgan fingerprint density at radius 2 is 1.94 bits per heavy atom. The van der Waals surface area contributed by atoms with Crippen LogP contribution in [0.5, 0.6) is 11.5 Å². The van der Waals surface area contributed by atoms with Crippen LogP contribution in [0.1, 0.15) is 44.6 Å². The topological polar surface area (TPSA) is 88.6 Å². The van der Waals surface area contributed by atoms with Gasteiger partial charge in [-0.05, 0) is 63.1 Å². The Bertz CT molecular complexity index is 1200. The number of Topliss-reactive ketones (excluding diaryl/α,β-unsaturated/α-hetero) is 1. The number of nitrogens with zero attached hydrogens (tertiary/aromatic N) is 2. The standard InChI is InChI=1S/C26H26BrN3O3/c1-3-32-18-11-12-23(33-4-2)19(14-18)24-20(15-28)26(29)30(17-8-5-7-16(27)13-17)21-9-6-10-22(31)25(21)24/h5,7-8,11-14,24H,3-4,6,9-10,29H2,1-2H3. The Hall–Kier alpha value is -3.24. The van der Waals surface area contributed by atoms with Gasteiger partial charge in [0.05, 0.1) is 30.8 Å². The maximum atomic E-state index is 13.4. The van der Waals surface area contributed by atoms with E-state index in [-0.39, 0.29) is 5.78 Å². The van der Waals surface area contributed by atoms with Crippen LogP contribution in [0.4, 0.5) is 5.69 Å². The number of benzene rings is 2. The van der Waals surface area contributed by atoms with Gasteiger partial charge >= 0.3 is 0 Å². The third kappa shape index (κ3) is 4.23. The van der Waals surface area contributed by atoms with Gasteiger partial charge in [-0.2, -0.15) is 5.26 Å². The number of halogens is 1. The van der Waals surface area contributed by atoms with E-state index >= 15 is 0 Å². The largest absolute Gasteiger partial charge is 0.494 e. The first kappa shape index (κ1) is 22.9. The Morgan fingerprint density at radius 1 is 1.15 bits per heavy atom. The number of hydrogen-bond donors (Lipinski definition) is 1. The third-order valence-corrected chi connectivity index (χ3v) is 6.38. The molecule has 7 heteroatoms. The van der Waals surface area contributed by atoms with Crippen molar-refractivity contribution in [3.8, 4) is 17.6 Å². The van der Waals surface area contributed by atoms with Crippen molar-refractivity contribution in [3.05, 3.63) is 75.2 Å². The minimum Gasteiger partial charge on any atom is -0.494 e. The number of carbonyl (C=O) groups excluding carboxylic acids is 1. The number of ether oxygens (including phenoxy) is 2. The lowest BCUT2D eigenvalue weighted by Crippen LogP contribution is -2.38. The molecule has 170 valence electrons. The molecular formula is C26H26BrN3O3. The van der Waals surface area contributed by atoms with E-state index in [0.717, 1.165) is 27.8 Å². The SMILES string of the molecule is CCOc1ccc(OCC)c(C2C(C#N)=C(N)N(c3cccc(Br)c3)C3=C2C(=O)CCC3)c1. The summed E-state index contributed by atoms with van der Waals surface area (Å²) >= 11 is 3.52. The summed E-state index contributed by atoms with van der Waals surface area (Å²) in [7, 11) is 0. The van der Waals surface area contributed by atoms with Crippen LogP contribution in [0, 0.1) is 11.3 Å². The van der Waals surface area contributed by atoms with Crippen LogP contribution in [0.2, 0.25) is 0 Å². The number of ketones is 1. The second-order valence-electron chi connectivity index (χ2n) is 7.86. The molecule has 0 aromatic heterocycles. The van der Waals surface area contributed by atoms with Gasteiger partial charge in [0.2, 0.25) is 0 Å². The fourth-order valence-electron chi connectivity index (χ4n) is 4.60. The molecule has 33 heavy (non-hydrogen) atoms. The predicted octanol–water partition coefficient (Wildman–Crippen LogP) is 5.55. The van der Waals surface area contributed by atoms with Gasteiger partial charge in [0.25, 0.3) is 0 Å². The number of anilines is 1. The Morgan fingerprint density at radius 3 is 2.64 bits per heavy atom. The van der Waals surface area contributed by atoms with Gasteiger partial charge < -0.3 is 15.2 Å².